The van der Waals surface area contributed by atoms with Crippen LogP contribution in [0.1, 0.15) is 17.5 Å². The van der Waals surface area contributed by atoms with Crippen LogP contribution in [0.25, 0.3) is 0 Å². The second kappa shape index (κ2) is 5.35. The molecular formula is C20H22N2O3. The molecule has 1 aliphatic heterocycles. The van der Waals surface area contributed by atoms with E-state index >= 15 is 0 Å². The van der Waals surface area contributed by atoms with Crippen LogP contribution in [-0.2, 0) is 11.8 Å². The number of likely N-dealkylation sites (N-methyl/N-ethyl adjacent to an activating group) is 1. The zero-order valence-electron chi connectivity index (χ0n) is 14.7. The van der Waals surface area contributed by atoms with E-state index in [0.29, 0.717) is 23.5 Å². The summed E-state index contributed by atoms with van der Waals surface area (Å²) < 4.78 is 11.2. The van der Waals surface area contributed by atoms with Crippen LogP contribution >= 0.6 is 0 Å². The third-order valence-electron chi connectivity index (χ3n) is 6.15. The number of rotatable bonds is 2. The van der Waals surface area contributed by atoms with Crippen LogP contribution in [0.4, 0.5) is 0 Å². The van der Waals surface area contributed by atoms with Gasteiger partial charge in [0.25, 0.3) is 0 Å². The molecule has 1 aromatic rings. The van der Waals surface area contributed by atoms with Gasteiger partial charge in [0.1, 0.15) is 5.60 Å². The molecule has 1 heterocycles. The molecule has 0 saturated carbocycles. The van der Waals surface area contributed by atoms with Gasteiger partial charge in [-0.15, -0.1) is 0 Å². The minimum absolute atomic E-state index is 0.0420. The van der Waals surface area contributed by atoms with Crippen molar-refractivity contribution in [2.45, 2.75) is 29.9 Å². The van der Waals surface area contributed by atoms with Gasteiger partial charge in [-0.05, 0) is 50.2 Å². The largest absolute Gasteiger partial charge is 0.493 e. The zero-order chi connectivity index (χ0) is 17.8. The molecule has 1 saturated heterocycles. The number of fused-ring (bicyclic) bond motifs is 1. The molecule has 1 aromatic carbocycles. The first-order valence-corrected chi connectivity index (χ1v) is 8.50. The molecule has 130 valence electrons. The minimum atomic E-state index is -1.08. The SMILES string of the molecule is COc1ccc2c(c1OC)[C@@]13C=C(C#N)C=C[C@@]1(O)[C@@H](C2)N(C)CC3. The molecule has 5 heteroatoms. The van der Waals surface area contributed by atoms with Crippen LogP contribution in [0.5, 0.6) is 11.5 Å². The molecule has 0 radical (unpaired) electrons. The maximum atomic E-state index is 11.8. The fraction of sp³-hybridized carbons (Fsp3) is 0.450. The molecule has 1 N–H and O–H groups in total. The molecule has 3 aliphatic rings. The van der Waals surface area contributed by atoms with E-state index in [-0.39, 0.29) is 6.04 Å². The molecule has 0 unspecified atom stereocenters. The summed E-state index contributed by atoms with van der Waals surface area (Å²) in [5, 5.41) is 21.3. The van der Waals surface area contributed by atoms with Crippen molar-refractivity contribution in [3.05, 3.63) is 47.1 Å². The Balaban J connectivity index is 2.08. The van der Waals surface area contributed by atoms with Gasteiger partial charge in [0.15, 0.2) is 11.5 Å². The van der Waals surface area contributed by atoms with Gasteiger partial charge in [-0.25, -0.2) is 0 Å². The van der Waals surface area contributed by atoms with E-state index in [4.69, 9.17) is 9.47 Å². The summed E-state index contributed by atoms with van der Waals surface area (Å²) in [5.41, 5.74) is 0.913. The van der Waals surface area contributed by atoms with Gasteiger partial charge in [0.05, 0.1) is 25.7 Å². The van der Waals surface area contributed by atoms with E-state index in [0.717, 1.165) is 24.1 Å². The minimum Gasteiger partial charge on any atom is -0.493 e. The molecule has 5 nitrogen and oxygen atoms in total. The number of ether oxygens (including phenoxy) is 2. The lowest BCUT2D eigenvalue weighted by Gasteiger charge is -2.60. The van der Waals surface area contributed by atoms with E-state index < -0.39 is 11.0 Å². The number of piperidine rings is 1. The first-order chi connectivity index (χ1) is 12.0. The van der Waals surface area contributed by atoms with E-state index in [2.05, 4.69) is 24.1 Å². The van der Waals surface area contributed by atoms with Crippen molar-refractivity contribution in [2.75, 3.05) is 27.8 Å². The highest BCUT2D eigenvalue weighted by molar-refractivity contribution is 5.64. The third kappa shape index (κ3) is 1.90. The smallest absolute Gasteiger partial charge is 0.165 e. The summed E-state index contributed by atoms with van der Waals surface area (Å²) >= 11 is 0. The van der Waals surface area contributed by atoms with E-state index in [1.165, 1.54) is 0 Å². The molecule has 3 atom stereocenters. The maximum absolute atomic E-state index is 11.8. The number of allylic oxidation sites excluding steroid dienone is 2. The monoisotopic (exact) mass is 338 g/mol. The summed E-state index contributed by atoms with van der Waals surface area (Å²) in [6.07, 6.45) is 6.93. The van der Waals surface area contributed by atoms with Gasteiger partial charge in [-0.1, -0.05) is 12.1 Å². The topological polar surface area (TPSA) is 65.7 Å². The Hall–Kier alpha value is -2.29. The Kier molecular flexibility index (Phi) is 3.47. The van der Waals surface area contributed by atoms with Crippen LogP contribution in [0.2, 0.25) is 0 Å². The summed E-state index contributed by atoms with van der Waals surface area (Å²) in [6, 6.07) is 6.17. The molecule has 1 fully saturated rings. The fourth-order valence-corrected chi connectivity index (χ4v) is 4.93. The van der Waals surface area contributed by atoms with Crippen molar-refractivity contribution in [2.24, 2.45) is 0 Å². The van der Waals surface area contributed by atoms with Crippen molar-refractivity contribution in [1.82, 2.24) is 4.90 Å². The lowest BCUT2D eigenvalue weighted by atomic mass is 9.52. The van der Waals surface area contributed by atoms with Crippen molar-refractivity contribution in [3.8, 4) is 17.6 Å². The summed E-state index contributed by atoms with van der Waals surface area (Å²) in [6.45, 7) is 0.843. The molecular weight excluding hydrogens is 316 g/mol. The Morgan fingerprint density at radius 3 is 2.80 bits per heavy atom. The van der Waals surface area contributed by atoms with Crippen LogP contribution < -0.4 is 9.47 Å². The van der Waals surface area contributed by atoms with Crippen molar-refractivity contribution >= 4 is 0 Å². The van der Waals surface area contributed by atoms with Crippen LogP contribution in [-0.4, -0.2) is 49.5 Å². The predicted octanol–water partition coefficient (Wildman–Crippen LogP) is 1.95. The third-order valence-corrected chi connectivity index (χ3v) is 6.15. The van der Waals surface area contributed by atoms with Gasteiger partial charge < -0.3 is 14.6 Å². The lowest BCUT2D eigenvalue weighted by molar-refractivity contribution is -0.0909. The van der Waals surface area contributed by atoms with Crippen molar-refractivity contribution in [3.63, 3.8) is 0 Å². The van der Waals surface area contributed by atoms with E-state index in [1.807, 2.05) is 18.2 Å². The number of likely N-dealkylation sites (tertiary alicyclic amines) is 1. The van der Waals surface area contributed by atoms with Gasteiger partial charge in [0, 0.05) is 17.2 Å². The van der Waals surface area contributed by atoms with E-state index in [9.17, 15) is 10.4 Å². The molecule has 0 aromatic heterocycles. The standard InChI is InChI=1S/C20H22N2O3/c1-22-9-8-19-11-13(12-21)6-7-20(19,23)16(22)10-14-4-5-15(24-2)18(25-3)17(14)19/h4-7,11,16,23H,8-10H2,1-3H3/t16-,19-,20-/m1/s1. The Labute approximate surface area is 147 Å². The number of benzene rings is 1. The molecule has 2 bridgehead atoms. The molecule has 0 amide bonds. The molecule has 0 spiro atoms. The van der Waals surface area contributed by atoms with Gasteiger partial charge >= 0.3 is 0 Å². The van der Waals surface area contributed by atoms with Crippen LogP contribution in [0.15, 0.2) is 35.9 Å². The molecule has 25 heavy (non-hydrogen) atoms. The Morgan fingerprint density at radius 2 is 2.12 bits per heavy atom. The zero-order valence-corrected chi connectivity index (χ0v) is 14.7. The average Bonchev–Trinajstić information content (AvgIpc) is 2.63. The predicted molar refractivity (Wildman–Crippen MR) is 93.7 cm³/mol. The summed E-state index contributed by atoms with van der Waals surface area (Å²) in [7, 11) is 5.30. The maximum Gasteiger partial charge on any atom is 0.165 e. The Bertz CT molecular complexity index is 838. The van der Waals surface area contributed by atoms with Crippen molar-refractivity contribution in [1.29, 1.82) is 5.26 Å². The fourth-order valence-electron chi connectivity index (χ4n) is 4.93. The van der Waals surface area contributed by atoms with Crippen molar-refractivity contribution < 1.29 is 14.6 Å². The first-order valence-electron chi connectivity index (χ1n) is 8.50. The van der Waals surface area contributed by atoms with E-state index in [1.54, 1.807) is 20.3 Å². The van der Waals surface area contributed by atoms with Gasteiger partial charge in [-0.2, -0.15) is 5.26 Å². The number of nitriles is 1. The lowest BCUT2D eigenvalue weighted by Crippen LogP contribution is -2.70. The number of nitrogens with zero attached hydrogens (tertiary/aromatic N) is 2. The second-order valence-corrected chi connectivity index (χ2v) is 7.13. The summed E-state index contributed by atoms with van der Waals surface area (Å²) in [5.74, 6) is 1.31. The normalized spacial score (nSPS) is 32.9. The molecule has 2 aliphatic carbocycles. The van der Waals surface area contributed by atoms with Crippen LogP contribution in [0, 0.1) is 11.3 Å². The first kappa shape index (κ1) is 16.2. The second-order valence-electron chi connectivity index (χ2n) is 7.13. The molecule has 4 rings (SSSR count). The van der Waals surface area contributed by atoms with Crippen LogP contribution in [0.3, 0.4) is 0 Å². The quantitative estimate of drug-likeness (QED) is 0.893. The highest BCUT2D eigenvalue weighted by Gasteiger charge is 2.62. The van der Waals surface area contributed by atoms with Gasteiger partial charge in [-0.3, -0.25) is 4.90 Å². The number of methoxy groups -OCH3 is 2. The number of hydrogen-bond donors (Lipinski definition) is 1. The Morgan fingerprint density at radius 1 is 1.32 bits per heavy atom. The summed E-state index contributed by atoms with van der Waals surface area (Å²) in [4.78, 5) is 2.22. The number of hydrogen-bond acceptors (Lipinski definition) is 5. The highest BCUT2D eigenvalue weighted by Crippen LogP contribution is 2.58. The van der Waals surface area contributed by atoms with Gasteiger partial charge in [0.2, 0.25) is 0 Å². The number of aliphatic hydroxyl groups is 1. The highest BCUT2D eigenvalue weighted by atomic mass is 16.5. The average molecular weight is 338 g/mol.